The van der Waals surface area contributed by atoms with Crippen LogP contribution >= 0.6 is 0 Å². The molecule has 0 aliphatic rings. The van der Waals surface area contributed by atoms with E-state index in [0.717, 1.165) is 17.8 Å². The Labute approximate surface area is 141 Å². The second kappa shape index (κ2) is 6.12. The maximum Gasteiger partial charge on any atom is 0.416 e. The van der Waals surface area contributed by atoms with Gasteiger partial charge in [-0.05, 0) is 31.2 Å². The summed E-state index contributed by atoms with van der Waals surface area (Å²) in [5.74, 6) is 0.143. The van der Waals surface area contributed by atoms with E-state index < -0.39 is 17.6 Å². The first-order chi connectivity index (χ1) is 11.7. The van der Waals surface area contributed by atoms with Crippen LogP contribution in [-0.2, 0) is 13.2 Å². The van der Waals surface area contributed by atoms with Crippen LogP contribution in [0.2, 0.25) is 0 Å². The Morgan fingerprint density at radius 1 is 1.20 bits per heavy atom. The highest BCUT2D eigenvalue weighted by Crippen LogP contribution is 2.32. The number of aromatic nitrogens is 2. The summed E-state index contributed by atoms with van der Waals surface area (Å²) < 4.78 is 45.3. The molecule has 0 saturated heterocycles. The van der Waals surface area contributed by atoms with E-state index in [0.29, 0.717) is 5.82 Å². The van der Waals surface area contributed by atoms with Crippen molar-refractivity contribution in [1.29, 1.82) is 0 Å². The lowest BCUT2D eigenvalue weighted by Gasteiger charge is -2.07. The smallest absolute Gasteiger partial charge is 0.416 e. The third-order valence-electron chi connectivity index (χ3n) is 3.55. The van der Waals surface area contributed by atoms with Crippen LogP contribution in [0.3, 0.4) is 0 Å². The number of carbonyl (C=O) groups excluding carboxylic acids is 1. The molecule has 2 aromatic heterocycles. The monoisotopic (exact) mass is 349 g/mol. The van der Waals surface area contributed by atoms with Crippen molar-refractivity contribution in [3.8, 4) is 11.3 Å². The van der Waals surface area contributed by atoms with E-state index in [-0.39, 0.29) is 17.1 Å². The first-order valence-electron chi connectivity index (χ1n) is 7.33. The molecule has 2 heterocycles. The average Bonchev–Trinajstić information content (AvgIpc) is 3.14. The number of aryl methyl sites for hydroxylation is 2. The van der Waals surface area contributed by atoms with E-state index in [1.54, 1.807) is 20.0 Å². The summed E-state index contributed by atoms with van der Waals surface area (Å²) in [7, 11) is 1.68. The van der Waals surface area contributed by atoms with Crippen molar-refractivity contribution in [3.63, 3.8) is 0 Å². The van der Waals surface area contributed by atoms with Gasteiger partial charge in [-0.3, -0.25) is 9.48 Å². The summed E-state index contributed by atoms with van der Waals surface area (Å²) in [6.45, 7) is 1.79. The fraction of sp³-hybridized carbons (Fsp3) is 0.176. The Morgan fingerprint density at radius 3 is 2.60 bits per heavy atom. The second-order valence-electron chi connectivity index (χ2n) is 5.49. The van der Waals surface area contributed by atoms with E-state index in [1.165, 1.54) is 28.9 Å². The van der Waals surface area contributed by atoms with Gasteiger partial charge in [0, 0.05) is 18.7 Å². The van der Waals surface area contributed by atoms with Crippen molar-refractivity contribution in [3.05, 3.63) is 59.5 Å². The number of carbonyl (C=O) groups is 1. The molecule has 0 fully saturated rings. The molecule has 3 aromatic rings. The number of benzene rings is 1. The molecule has 8 heteroatoms. The van der Waals surface area contributed by atoms with Gasteiger partial charge in [0.25, 0.3) is 5.91 Å². The van der Waals surface area contributed by atoms with Crippen molar-refractivity contribution in [1.82, 2.24) is 9.78 Å². The fourth-order valence-electron chi connectivity index (χ4n) is 2.37. The molecule has 0 unspecified atom stereocenters. The highest BCUT2D eigenvalue weighted by atomic mass is 19.4. The van der Waals surface area contributed by atoms with Gasteiger partial charge in [0.05, 0.1) is 11.3 Å². The predicted molar refractivity (Wildman–Crippen MR) is 85.0 cm³/mol. The maximum absolute atomic E-state index is 12.8. The van der Waals surface area contributed by atoms with Crippen molar-refractivity contribution in [2.75, 3.05) is 5.32 Å². The molecule has 130 valence electrons. The molecule has 0 spiro atoms. The van der Waals surface area contributed by atoms with Crippen molar-refractivity contribution < 1.29 is 22.4 Å². The summed E-state index contributed by atoms with van der Waals surface area (Å²) in [4.78, 5) is 12.2. The number of alkyl halides is 3. The molecule has 0 saturated carbocycles. The molecule has 1 N–H and O–H groups in total. The van der Waals surface area contributed by atoms with Gasteiger partial charge >= 0.3 is 6.18 Å². The predicted octanol–water partition coefficient (Wildman–Crippen LogP) is 4.26. The lowest BCUT2D eigenvalue weighted by molar-refractivity contribution is -0.137. The zero-order chi connectivity index (χ0) is 18.2. The number of nitrogens with one attached hydrogen (secondary N) is 1. The third kappa shape index (κ3) is 3.57. The van der Waals surface area contributed by atoms with E-state index in [9.17, 15) is 18.0 Å². The summed E-state index contributed by atoms with van der Waals surface area (Å²) in [6.07, 6.45) is -4.44. The molecule has 0 radical (unpaired) electrons. The van der Waals surface area contributed by atoms with Crippen LogP contribution in [0, 0.1) is 6.92 Å². The van der Waals surface area contributed by atoms with Gasteiger partial charge in [-0.1, -0.05) is 12.1 Å². The molecule has 3 rings (SSSR count). The molecule has 25 heavy (non-hydrogen) atoms. The van der Waals surface area contributed by atoms with Crippen LogP contribution in [0.15, 0.2) is 46.9 Å². The van der Waals surface area contributed by atoms with Crippen LogP contribution in [0.1, 0.15) is 21.8 Å². The minimum atomic E-state index is -4.44. The quantitative estimate of drug-likeness (QED) is 0.769. The van der Waals surface area contributed by atoms with Gasteiger partial charge in [-0.2, -0.15) is 18.3 Å². The summed E-state index contributed by atoms with van der Waals surface area (Å²) in [5.41, 5.74) is 0.199. The standard InChI is InChI=1S/C17H14F3N3O2/c1-10-8-15(23(2)22-10)21-16(24)14-7-6-13(25-14)11-4-3-5-12(9-11)17(18,19)20/h3-9H,1-2H3,(H,21,24). The number of furan rings is 1. The second-order valence-corrected chi connectivity index (χ2v) is 5.49. The van der Waals surface area contributed by atoms with E-state index >= 15 is 0 Å². The van der Waals surface area contributed by atoms with Crippen LogP contribution in [-0.4, -0.2) is 15.7 Å². The minimum absolute atomic E-state index is 0.00809. The topological polar surface area (TPSA) is 60.1 Å². The number of hydrogen-bond donors (Lipinski definition) is 1. The highest BCUT2D eigenvalue weighted by molar-refractivity contribution is 6.02. The molecule has 0 bridgehead atoms. The number of halogens is 3. The Morgan fingerprint density at radius 2 is 1.96 bits per heavy atom. The Bertz CT molecular complexity index is 925. The maximum atomic E-state index is 12.8. The Kier molecular flexibility index (Phi) is 4.12. The van der Waals surface area contributed by atoms with Crippen molar-refractivity contribution in [2.45, 2.75) is 13.1 Å². The summed E-state index contributed by atoms with van der Waals surface area (Å²) in [6, 6.07) is 9.29. The average molecular weight is 349 g/mol. The number of anilines is 1. The van der Waals surface area contributed by atoms with Crippen LogP contribution in [0.5, 0.6) is 0 Å². The van der Waals surface area contributed by atoms with Gasteiger partial charge in [0.1, 0.15) is 11.6 Å². The molecular formula is C17H14F3N3O2. The lowest BCUT2D eigenvalue weighted by Crippen LogP contribution is -2.13. The van der Waals surface area contributed by atoms with Gasteiger partial charge in [-0.15, -0.1) is 0 Å². The molecule has 1 amide bonds. The van der Waals surface area contributed by atoms with Crippen molar-refractivity contribution >= 4 is 11.7 Å². The van der Waals surface area contributed by atoms with Crippen LogP contribution < -0.4 is 5.32 Å². The zero-order valence-corrected chi connectivity index (χ0v) is 13.4. The highest BCUT2D eigenvalue weighted by Gasteiger charge is 2.30. The minimum Gasteiger partial charge on any atom is -0.451 e. The molecule has 0 aliphatic heterocycles. The van der Waals surface area contributed by atoms with Gasteiger partial charge in [0.2, 0.25) is 0 Å². The van der Waals surface area contributed by atoms with Gasteiger partial charge < -0.3 is 9.73 Å². The first kappa shape index (κ1) is 16.8. The SMILES string of the molecule is Cc1cc(NC(=O)c2ccc(-c3cccc(C(F)(F)F)c3)o2)n(C)n1. The van der Waals surface area contributed by atoms with E-state index in [1.807, 2.05) is 0 Å². The molecular weight excluding hydrogens is 335 g/mol. The number of nitrogens with zero attached hydrogens (tertiary/aromatic N) is 2. The third-order valence-corrected chi connectivity index (χ3v) is 3.55. The van der Waals surface area contributed by atoms with Gasteiger partial charge in [0.15, 0.2) is 5.76 Å². The van der Waals surface area contributed by atoms with E-state index in [4.69, 9.17) is 4.42 Å². The number of hydrogen-bond acceptors (Lipinski definition) is 3. The van der Waals surface area contributed by atoms with E-state index in [2.05, 4.69) is 10.4 Å². The zero-order valence-electron chi connectivity index (χ0n) is 13.4. The molecule has 0 atom stereocenters. The van der Waals surface area contributed by atoms with Crippen molar-refractivity contribution in [2.24, 2.45) is 7.05 Å². The Balaban J connectivity index is 1.83. The molecule has 1 aromatic carbocycles. The lowest BCUT2D eigenvalue weighted by atomic mass is 10.1. The molecule has 0 aliphatic carbocycles. The summed E-state index contributed by atoms with van der Waals surface area (Å²) in [5, 5.41) is 6.74. The first-order valence-corrected chi connectivity index (χ1v) is 7.33. The number of rotatable bonds is 3. The Hall–Kier alpha value is -3.03. The molecule has 5 nitrogen and oxygen atoms in total. The number of amides is 1. The fourth-order valence-corrected chi connectivity index (χ4v) is 2.37. The normalized spacial score (nSPS) is 11.6. The van der Waals surface area contributed by atoms with Gasteiger partial charge in [-0.25, -0.2) is 0 Å². The largest absolute Gasteiger partial charge is 0.451 e. The van der Waals surface area contributed by atoms with Crippen LogP contribution in [0.25, 0.3) is 11.3 Å². The van der Waals surface area contributed by atoms with Crippen LogP contribution in [0.4, 0.5) is 19.0 Å². The summed E-state index contributed by atoms with van der Waals surface area (Å²) >= 11 is 0.